The molecule has 0 saturated carbocycles. The van der Waals surface area contributed by atoms with Crippen molar-refractivity contribution in [2.45, 2.75) is 26.0 Å². The second kappa shape index (κ2) is 8.31. The number of carbonyl (C=O) groups is 2. The first-order valence-corrected chi connectivity index (χ1v) is 10.5. The minimum atomic E-state index is -0.932. The standard InChI is InChI=1S/C23H19FN2O4S/c1-13(2)30-17-9-5-15(6-10-17)20(27)18-19(14-3-7-16(24)8-4-14)26(22(29)21(18)28)23-25-11-12-31-23/h3-13,19,27H,1-2H3/b20-18+/t19-/m1/s1. The molecule has 0 unspecified atom stereocenters. The summed E-state index contributed by atoms with van der Waals surface area (Å²) in [5, 5.41) is 13.0. The maximum Gasteiger partial charge on any atom is 0.301 e. The van der Waals surface area contributed by atoms with E-state index < -0.39 is 23.5 Å². The normalized spacial score (nSPS) is 18.1. The Bertz CT molecular complexity index is 1140. The largest absolute Gasteiger partial charge is 0.507 e. The molecule has 3 aromatic rings. The number of benzene rings is 2. The van der Waals surface area contributed by atoms with Gasteiger partial charge in [0.25, 0.3) is 5.78 Å². The summed E-state index contributed by atoms with van der Waals surface area (Å²) >= 11 is 1.19. The van der Waals surface area contributed by atoms with Crippen LogP contribution < -0.4 is 9.64 Å². The fourth-order valence-corrected chi connectivity index (χ4v) is 4.11. The molecule has 0 radical (unpaired) electrons. The van der Waals surface area contributed by atoms with Crippen molar-refractivity contribution in [2.75, 3.05) is 4.90 Å². The van der Waals surface area contributed by atoms with Crippen LogP contribution in [0.4, 0.5) is 9.52 Å². The van der Waals surface area contributed by atoms with Gasteiger partial charge in [0.1, 0.15) is 17.3 Å². The molecule has 4 rings (SSSR count). The molecule has 1 aliphatic heterocycles. The van der Waals surface area contributed by atoms with Crippen LogP contribution in [0, 0.1) is 5.82 Å². The van der Waals surface area contributed by atoms with Crippen molar-refractivity contribution in [1.82, 2.24) is 4.98 Å². The number of aliphatic hydroxyl groups is 1. The summed E-state index contributed by atoms with van der Waals surface area (Å²) in [6.45, 7) is 3.80. The summed E-state index contributed by atoms with van der Waals surface area (Å²) in [6.07, 6.45) is 1.51. The van der Waals surface area contributed by atoms with Crippen molar-refractivity contribution in [3.63, 3.8) is 0 Å². The van der Waals surface area contributed by atoms with Gasteiger partial charge in [0.05, 0.1) is 17.7 Å². The van der Waals surface area contributed by atoms with Crippen LogP contribution in [0.25, 0.3) is 5.76 Å². The number of amides is 1. The lowest BCUT2D eigenvalue weighted by Crippen LogP contribution is -2.29. The van der Waals surface area contributed by atoms with E-state index in [0.29, 0.717) is 22.0 Å². The highest BCUT2D eigenvalue weighted by atomic mass is 32.1. The number of thiazole rings is 1. The molecule has 1 saturated heterocycles. The first kappa shape index (κ1) is 20.7. The first-order chi connectivity index (χ1) is 14.9. The van der Waals surface area contributed by atoms with Crippen molar-refractivity contribution in [2.24, 2.45) is 0 Å². The second-order valence-electron chi connectivity index (χ2n) is 7.23. The minimum absolute atomic E-state index is 0.0125. The molecule has 2 aromatic carbocycles. The van der Waals surface area contributed by atoms with Crippen molar-refractivity contribution in [3.8, 4) is 5.75 Å². The number of aliphatic hydroxyl groups excluding tert-OH is 1. The van der Waals surface area contributed by atoms with E-state index in [1.54, 1.807) is 29.6 Å². The van der Waals surface area contributed by atoms with Gasteiger partial charge in [-0.3, -0.25) is 14.5 Å². The fraction of sp³-hybridized carbons (Fsp3) is 0.174. The summed E-state index contributed by atoms with van der Waals surface area (Å²) in [6, 6.07) is 11.1. The predicted octanol–water partition coefficient (Wildman–Crippen LogP) is 4.70. The van der Waals surface area contributed by atoms with Gasteiger partial charge in [0.15, 0.2) is 5.13 Å². The number of rotatable bonds is 5. The summed E-state index contributed by atoms with van der Waals surface area (Å²) in [7, 11) is 0. The number of aromatic nitrogens is 1. The monoisotopic (exact) mass is 438 g/mol. The Hall–Kier alpha value is -3.52. The number of nitrogens with zero attached hydrogens (tertiary/aromatic N) is 2. The van der Waals surface area contributed by atoms with E-state index >= 15 is 0 Å². The number of hydrogen-bond donors (Lipinski definition) is 1. The summed E-state index contributed by atoms with van der Waals surface area (Å²) < 4.78 is 19.1. The Kier molecular flexibility index (Phi) is 5.56. The Morgan fingerprint density at radius 2 is 1.81 bits per heavy atom. The average molecular weight is 438 g/mol. The van der Waals surface area contributed by atoms with Crippen molar-refractivity contribution in [3.05, 3.63) is 82.6 Å². The molecule has 6 nitrogen and oxygen atoms in total. The maximum absolute atomic E-state index is 13.5. The number of hydrogen-bond acceptors (Lipinski definition) is 6. The van der Waals surface area contributed by atoms with Crippen LogP contribution in [0.5, 0.6) is 5.75 Å². The smallest absolute Gasteiger partial charge is 0.301 e. The zero-order valence-corrected chi connectivity index (χ0v) is 17.6. The molecule has 1 N–H and O–H groups in total. The van der Waals surface area contributed by atoms with Gasteiger partial charge in [-0.2, -0.15) is 0 Å². The molecular weight excluding hydrogens is 419 g/mol. The van der Waals surface area contributed by atoms with E-state index in [1.807, 2.05) is 13.8 Å². The number of carbonyl (C=O) groups excluding carboxylic acids is 2. The van der Waals surface area contributed by atoms with Crippen LogP contribution in [0.15, 0.2) is 65.7 Å². The third-order valence-electron chi connectivity index (χ3n) is 4.76. The zero-order valence-electron chi connectivity index (χ0n) is 16.8. The number of anilines is 1. The molecule has 2 heterocycles. The molecule has 1 atom stereocenters. The van der Waals surface area contributed by atoms with Gasteiger partial charge in [0.2, 0.25) is 0 Å². The minimum Gasteiger partial charge on any atom is -0.507 e. The van der Waals surface area contributed by atoms with E-state index in [9.17, 15) is 19.1 Å². The molecule has 8 heteroatoms. The Morgan fingerprint density at radius 1 is 1.13 bits per heavy atom. The average Bonchev–Trinajstić information content (AvgIpc) is 3.35. The fourth-order valence-electron chi connectivity index (χ4n) is 3.44. The highest BCUT2D eigenvalue weighted by Gasteiger charge is 2.47. The van der Waals surface area contributed by atoms with E-state index in [4.69, 9.17) is 4.74 Å². The van der Waals surface area contributed by atoms with Crippen molar-refractivity contribution in [1.29, 1.82) is 0 Å². The molecule has 31 heavy (non-hydrogen) atoms. The molecule has 158 valence electrons. The van der Waals surface area contributed by atoms with E-state index in [1.165, 1.54) is 46.7 Å². The quantitative estimate of drug-likeness (QED) is 0.355. The molecule has 1 aromatic heterocycles. The Morgan fingerprint density at radius 3 is 2.39 bits per heavy atom. The van der Waals surface area contributed by atoms with Crippen LogP contribution in [-0.2, 0) is 9.59 Å². The number of Topliss-reactive ketones (excluding diaryl/α,β-unsaturated/α-hetero) is 1. The lowest BCUT2D eigenvalue weighted by molar-refractivity contribution is -0.132. The Labute approximate surface area is 182 Å². The second-order valence-corrected chi connectivity index (χ2v) is 8.10. The zero-order chi connectivity index (χ0) is 22.1. The number of ether oxygens (including phenoxy) is 1. The van der Waals surface area contributed by atoms with Crippen LogP contribution >= 0.6 is 11.3 Å². The lowest BCUT2D eigenvalue weighted by Gasteiger charge is -2.23. The molecule has 1 aliphatic rings. The van der Waals surface area contributed by atoms with Crippen LogP contribution in [-0.4, -0.2) is 27.9 Å². The van der Waals surface area contributed by atoms with Gasteiger partial charge in [0, 0.05) is 17.1 Å². The van der Waals surface area contributed by atoms with Gasteiger partial charge in [-0.1, -0.05) is 12.1 Å². The van der Waals surface area contributed by atoms with Crippen molar-refractivity contribution < 1.29 is 23.8 Å². The molecule has 0 aliphatic carbocycles. The van der Waals surface area contributed by atoms with Crippen LogP contribution in [0.1, 0.15) is 31.0 Å². The highest BCUT2D eigenvalue weighted by molar-refractivity contribution is 7.14. The molecule has 1 amide bonds. The van der Waals surface area contributed by atoms with Gasteiger partial charge >= 0.3 is 5.91 Å². The molecule has 0 spiro atoms. The third-order valence-corrected chi connectivity index (χ3v) is 5.53. The summed E-state index contributed by atoms with van der Waals surface area (Å²) in [5.41, 5.74) is 0.766. The topological polar surface area (TPSA) is 79.7 Å². The number of ketones is 1. The summed E-state index contributed by atoms with van der Waals surface area (Å²) in [4.78, 5) is 31.2. The first-order valence-electron chi connectivity index (χ1n) is 9.60. The predicted molar refractivity (Wildman–Crippen MR) is 116 cm³/mol. The van der Waals surface area contributed by atoms with Crippen molar-refractivity contribution >= 4 is 33.9 Å². The lowest BCUT2D eigenvalue weighted by atomic mass is 9.95. The molecular formula is C23H19FN2O4S. The summed E-state index contributed by atoms with van der Waals surface area (Å²) in [5.74, 6) is -1.78. The van der Waals surface area contributed by atoms with Gasteiger partial charge in [-0.05, 0) is 55.8 Å². The SMILES string of the molecule is CC(C)Oc1ccc(/C(O)=C2\C(=O)C(=O)N(c3nccs3)[C@@H]2c2ccc(F)cc2)cc1. The number of halogens is 1. The maximum atomic E-state index is 13.5. The van der Waals surface area contributed by atoms with Gasteiger partial charge < -0.3 is 9.84 Å². The van der Waals surface area contributed by atoms with E-state index in [0.717, 1.165) is 0 Å². The van der Waals surface area contributed by atoms with Gasteiger partial charge in [-0.15, -0.1) is 11.3 Å². The van der Waals surface area contributed by atoms with Crippen LogP contribution in [0.3, 0.4) is 0 Å². The van der Waals surface area contributed by atoms with Gasteiger partial charge in [-0.25, -0.2) is 9.37 Å². The third kappa shape index (κ3) is 3.94. The molecule has 0 bridgehead atoms. The van der Waals surface area contributed by atoms with E-state index in [-0.39, 0.29) is 17.4 Å². The highest BCUT2D eigenvalue weighted by Crippen LogP contribution is 2.42. The van der Waals surface area contributed by atoms with E-state index in [2.05, 4.69) is 4.98 Å². The van der Waals surface area contributed by atoms with Crippen LogP contribution in [0.2, 0.25) is 0 Å². The molecule has 1 fully saturated rings. The Balaban J connectivity index is 1.84.